The molecule has 2 aliphatic heterocycles. The molecule has 8 heteroatoms. The molecule has 2 aromatic carbocycles. The van der Waals surface area contributed by atoms with Crippen LogP contribution in [0.25, 0.3) is 0 Å². The van der Waals surface area contributed by atoms with Crippen molar-refractivity contribution < 1.29 is 14.4 Å². The first-order valence-corrected chi connectivity index (χ1v) is 12.8. The van der Waals surface area contributed by atoms with Crippen LogP contribution in [0.15, 0.2) is 48.5 Å². The zero-order valence-electron chi connectivity index (χ0n) is 19.8. The van der Waals surface area contributed by atoms with Crippen molar-refractivity contribution in [1.29, 1.82) is 0 Å². The molecular weight excluding hydrogens is 470 g/mol. The van der Waals surface area contributed by atoms with Crippen molar-refractivity contribution in [2.24, 2.45) is 5.92 Å². The molecule has 0 spiro atoms. The number of hydrogen-bond donors (Lipinski definition) is 2. The van der Waals surface area contributed by atoms with Crippen LogP contribution >= 0.6 is 23.4 Å². The lowest BCUT2D eigenvalue weighted by Gasteiger charge is -2.31. The third-order valence-electron chi connectivity index (χ3n) is 6.26. The van der Waals surface area contributed by atoms with Crippen molar-refractivity contribution >= 4 is 41.1 Å². The van der Waals surface area contributed by atoms with Crippen LogP contribution in [-0.4, -0.2) is 39.5 Å². The van der Waals surface area contributed by atoms with Gasteiger partial charge in [-0.25, -0.2) is 0 Å². The SMILES string of the molecule is CC(C)C[C@H](NC(=O)[C@H]1N2C(=O)c3ccccc3[C@H]2SC1(C)C)C(=O)NCc1ccc(Cl)cc1. The normalized spacial score (nSPS) is 21.2. The van der Waals surface area contributed by atoms with Gasteiger partial charge in [-0.3, -0.25) is 14.4 Å². The maximum Gasteiger partial charge on any atom is 0.256 e. The zero-order chi connectivity index (χ0) is 24.6. The van der Waals surface area contributed by atoms with Crippen LogP contribution in [0.5, 0.6) is 0 Å². The van der Waals surface area contributed by atoms with Gasteiger partial charge in [-0.15, -0.1) is 11.8 Å². The Hall–Kier alpha value is -2.51. The highest BCUT2D eigenvalue weighted by Gasteiger charge is 2.57. The van der Waals surface area contributed by atoms with Gasteiger partial charge < -0.3 is 15.5 Å². The molecule has 0 radical (unpaired) electrons. The van der Waals surface area contributed by atoms with E-state index in [-0.39, 0.29) is 29.0 Å². The summed E-state index contributed by atoms with van der Waals surface area (Å²) >= 11 is 7.55. The summed E-state index contributed by atoms with van der Waals surface area (Å²) in [5.41, 5.74) is 2.51. The fourth-order valence-corrected chi connectivity index (χ4v) is 6.39. The van der Waals surface area contributed by atoms with Gasteiger partial charge in [-0.2, -0.15) is 0 Å². The predicted octanol–water partition coefficient (Wildman–Crippen LogP) is 4.54. The molecule has 2 aliphatic rings. The lowest BCUT2D eigenvalue weighted by atomic mass is 9.98. The van der Waals surface area contributed by atoms with Crippen LogP contribution in [0.4, 0.5) is 0 Å². The summed E-state index contributed by atoms with van der Waals surface area (Å²) in [6, 6.07) is 13.4. The average molecular weight is 500 g/mol. The lowest BCUT2D eigenvalue weighted by Crippen LogP contribution is -2.57. The van der Waals surface area contributed by atoms with E-state index in [2.05, 4.69) is 10.6 Å². The Labute approximate surface area is 209 Å². The van der Waals surface area contributed by atoms with Crippen molar-refractivity contribution in [2.45, 2.75) is 62.9 Å². The first-order valence-electron chi connectivity index (χ1n) is 11.5. The Balaban J connectivity index is 1.50. The number of thioether (sulfide) groups is 1. The number of amides is 3. The van der Waals surface area contributed by atoms with Crippen LogP contribution in [0, 0.1) is 5.92 Å². The molecule has 2 N–H and O–H groups in total. The number of fused-ring (bicyclic) bond motifs is 3. The van der Waals surface area contributed by atoms with Crippen molar-refractivity contribution in [3.63, 3.8) is 0 Å². The van der Waals surface area contributed by atoms with E-state index in [4.69, 9.17) is 11.6 Å². The first-order chi connectivity index (χ1) is 16.1. The summed E-state index contributed by atoms with van der Waals surface area (Å²) in [5, 5.41) is 6.33. The minimum Gasteiger partial charge on any atom is -0.350 e. The van der Waals surface area contributed by atoms with E-state index >= 15 is 0 Å². The van der Waals surface area contributed by atoms with Gasteiger partial charge >= 0.3 is 0 Å². The van der Waals surface area contributed by atoms with Gasteiger partial charge in [-0.05, 0) is 55.5 Å². The summed E-state index contributed by atoms with van der Waals surface area (Å²) in [4.78, 5) is 41.5. The van der Waals surface area contributed by atoms with Crippen LogP contribution < -0.4 is 10.6 Å². The smallest absolute Gasteiger partial charge is 0.256 e. The molecule has 34 heavy (non-hydrogen) atoms. The summed E-state index contributed by atoms with van der Waals surface area (Å²) in [6.45, 7) is 8.32. The molecule has 4 rings (SSSR count). The monoisotopic (exact) mass is 499 g/mol. The molecule has 6 nitrogen and oxygen atoms in total. The van der Waals surface area contributed by atoms with Gasteiger partial charge in [-0.1, -0.05) is 55.8 Å². The largest absolute Gasteiger partial charge is 0.350 e. The molecule has 3 atom stereocenters. The molecule has 1 saturated heterocycles. The van der Waals surface area contributed by atoms with Crippen molar-refractivity contribution in [2.75, 3.05) is 0 Å². The summed E-state index contributed by atoms with van der Waals surface area (Å²) in [5.74, 6) is -0.476. The van der Waals surface area contributed by atoms with Gasteiger partial charge in [0.05, 0.1) is 0 Å². The number of benzene rings is 2. The number of nitrogens with zero attached hydrogens (tertiary/aromatic N) is 1. The molecule has 0 unspecified atom stereocenters. The third kappa shape index (κ3) is 4.82. The highest BCUT2D eigenvalue weighted by molar-refractivity contribution is 8.01. The molecule has 2 aromatic rings. The van der Waals surface area contributed by atoms with E-state index in [1.165, 1.54) is 0 Å². The van der Waals surface area contributed by atoms with Crippen LogP contribution in [-0.2, 0) is 16.1 Å². The topological polar surface area (TPSA) is 78.5 Å². The fraction of sp³-hybridized carbons (Fsp3) is 0.423. The predicted molar refractivity (Wildman–Crippen MR) is 135 cm³/mol. The third-order valence-corrected chi connectivity index (χ3v) is 8.05. The molecule has 0 aromatic heterocycles. The Kier molecular flexibility index (Phi) is 6.97. The van der Waals surface area contributed by atoms with Gasteiger partial charge in [0.1, 0.15) is 17.5 Å². The van der Waals surface area contributed by atoms with E-state index in [0.717, 1.165) is 11.1 Å². The fourth-order valence-electron chi connectivity index (χ4n) is 4.67. The molecule has 0 aliphatic carbocycles. The van der Waals surface area contributed by atoms with E-state index < -0.39 is 16.8 Å². The number of halogens is 1. The molecule has 2 heterocycles. The van der Waals surface area contributed by atoms with Crippen molar-refractivity contribution in [3.05, 3.63) is 70.2 Å². The number of carbonyl (C=O) groups excluding carboxylic acids is 3. The molecule has 3 amide bonds. The summed E-state index contributed by atoms with van der Waals surface area (Å²) in [7, 11) is 0. The first kappa shape index (κ1) is 24.6. The standard InChI is InChI=1S/C26H30ClN3O3S/c1-15(2)13-20(22(31)28-14-16-9-11-17(27)12-10-16)29-23(32)21-26(3,4)34-25-19-8-6-5-7-18(19)24(33)30(21)25/h5-12,15,20-21,25H,13-14H2,1-4H3,(H,28,31)(H,29,32)/t20-,21+,25+/m0/s1. The second-order valence-corrected chi connectivity index (χ2v) is 12.0. The van der Waals surface area contributed by atoms with E-state index in [1.807, 2.05) is 64.1 Å². The van der Waals surface area contributed by atoms with Crippen LogP contribution in [0.3, 0.4) is 0 Å². The maximum absolute atomic E-state index is 13.6. The zero-order valence-corrected chi connectivity index (χ0v) is 21.4. The van der Waals surface area contributed by atoms with Gasteiger partial charge in [0.25, 0.3) is 5.91 Å². The van der Waals surface area contributed by atoms with E-state index in [0.29, 0.717) is 23.6 Å². The summed E-state index contributed by atoms with van der Waals surface area (Å²) < 4.78 is -0.500. The molecule has 0 saturated carbocycles. The highest BCUT2D eigenvalue weighted by atomic mass is 35.5. The van der Waals surface area contributed by atoms with Crippen molar-refractivity contribution in [3.8, 4) is 0 Å². The van der Waals surface area contributed by atoms with E-state index in [9.17, 15) is 14.4 Å². The minimum absolute atomic E-state index is 0.133. The minimum atomic E-state index is -0.695. The highest BCUT2D eigenvalue weighted by Crippen LogP contribution is 2.56. The second kappa shape index (κ2) is 9.62. The lowest BCUT2D eigenvalue weighted by molar-refractivity contribution is -0.132. The Morgan fingerprint density at radius 3 is 2.47 bits per heavy atom. The second-order valence-electron chi connectivity index (χ2n) is 9.81. The molecule has 1 fully saturated rings. The Morgan fingerprint density at radius 2 is 1.79 bits per heavy atom. The number of rotatable bonds is 7. The number of carbonyl (C=O) groups is 3. The maximum atomic E-state index is 13.6. The molecular formula is C26H30ClN3O3S. The van der Waals surface area contributed by atoms with Crippen LogP contribution in [0.1, 0.15) is 61.0 Å². The number of hydrogen-bond acceptors (Lipinski definition) is 4. The Morgan fingerprint density at radius 1 is 1.12 bits per heavy atom. The Bertz CT molecular complexity index is 1100. The average Bonchev–Trinajstić information content (AvgIpc) is 3.21. The van der Waals surface area contributed by atoms with Crippen LogP contribution in [0.2, 0.25) is 5.02 Å². The molecule has 0 bridgehead atoms. The number of nitrogens with one attached hydrogen (secondary N) is 2. The summed E-state index contributed by atoms with van der Waals surface area (Å²) in [6.07, 6.45) is 0.496. The van der Waals surface area contributed by atoms with Crippen molar-refractivity contribution in [1.82, 2.24) is 15.5 Å². The van der Waals surface area contributed by atoms with Gasteiger partial charge in [0.15, 0.2) is 0 Å². The van der Waals surface area contributed by atoms with Gasteiger partial charge in [0, 0.05) is 21.9 Å². The van der Waals surface area contributed by atoms with Gasteiger partial charge in [0.2, 0.25) is 11.8 Å². The van der Waals surface area contributed by atoms with E-state index in [1.54, 1.807) is 28.8 Å². The quantitative estimate of drug-likeness (QED) is 0.586. The molecule has 180 valence electrons.